The number of carbonyl (C=O) groups is 2. The maximum Gasteiger partial charge on any atom is 0.338 e. The Kier molecular flexibility index (Phi) is 4.96. The number of fused-ring (bicyclic) bond motifs is 1. The molecule has 0 aromatic heterocycles. The average Bonchev–Trinajstić information content (AvgIpc) is 2.73. The first-order valence-electron chi connectivity index (χ1n) is 8.46. The third-order valence-corrected chi connectivity index (χ3v) is 4.81. The van der Waals surface area contributed by atoms with Gasteiger partial charge >= 0.3 is 5.97 Å². The van der Waals surface area contributed by atoms with Crippen molar-refractivity contribution in [3.63, 3.8) is 0 Å². The van der Waals surface area contributed by atoms with Crippen LogP contribution in [0, 0.1) is 5.41 Å². The summed E-state index contributed by atoms with van der Waals surface area (Å²) in [6.07, 6.45) is 0. The van der Waals surface area contributed by atoms with Gasteiger partial charge in [0.2, 0.25) is 5.91 Å². The first-order chi connectivity index (χ1) is 12.0. The fraction of sp³-hybridized carbons (Fsp3) is 0.556. The highest BCUT2D eigenvalue weighted by atomic mass is 16.5. The Balaban J connectivity index is 1.86. The van der Waals surface area contributed by atoms with Crippen molar-refractivity contribution in [2.24, 2.45) is 5.41 Å². The van der Waals surface area contributed by atoms with Crippen LogP contribution in [0.15, 0.2) is 18.2 Å². The number of rotatable bonds is 4. The normalized spacial score (nSPS) is 21.4. The molecule has 0 saturated carbocycles. The fourth-order valence-corrected chi connectivity index (χ4v) is 3.17. The summed E-state index contributed by atoms with van der Waals surface area (Å²) >= 11 is 0. The minimum absolute atomic E-state index is 0.125. The molecule has 0 radical (unpaired) electrons. The van der Waals surface area contributed by atoms with Gasteiger partial charge in [-0.1, -0.05) is 6.07 Å². The van der Waals surface area contributed by atoms with Crippen LogP contribution in [-0.2, 0) is 14.3 Å². The lowest BCUT2D eigenvalue weighted by atomic mass is 9.84. The Hall–Kier alpha value is -2.12. The Labute approximate surface area is 146 Å². The number of esters is 1. The van der Waals surface area contributed by atoms with Gasteiger partial charge in [-0.25, -0.2) is 4.79 Å². The smallest absolute Gasteiger partial charge is 0.338 e. The van der Waals surface area contributed by atoms with Crippen LogP contribution in [0.5, 0.6) is 5.75 Å². The van der Waals surface area contributed by atoms with Gasteiger partial charge in [-0.05, 0) is 26.0 Å². The molecule has 1 aromatic carbocycles. The Morgan fingerprint density at radius 3 is 2.76 bits per heavy atom. The van der Waals surface area contributed by atoms with E-state index < -0.39 is 11.4 Å². The Morgan fingerprint density at radius 1 is 1.40 bits per heavy atom. The van der Waals surface area contributed by atoms with Crippen LogP contribution in [0.1, 0.15) is 35.8 Å². The molecule has 0 bridgehead atoms. The van der Waals surface area contributed by atoms with Crippen molar-refractivity contribution in [2.75, 3.05) is 39.6 Å². The quantitative estimate of drug-likeness (QED) is 0.821. The highest BCUT2D eigenvalue weighted by Crippen LogP contribution is 2.37. The number of hydrogen-bond acceptors (Lipinski definition) is 6. The number of carbonyl (C=O) groups excluding carboxylic acids is 2. The average molecular weight is 349 g/mol. The summed E-state index contributed by atoms with van der Waals surface area (Å²) in [6.45, 7) is 4.95. The topological polar surface area (TPSA) is 85.3 Å². The van der Waals surface area contributed by atoms with Crippen molar-refractivity contribution in [1.82, 2.24) is 4.90 Å². The van der Waals surface area contributed by atoms with Crippen LogP contribution in [0.25, 0.3) is 0 Å². The van der Waals surface area contributed by atoms with Gasteiger partial charge in [-0.2, -0.15) is 0 Å². The van der Waals surface area contributed by atoms with Gasteiger partial charge in [0.05, 0.1) is 44.6 Å². The molecule has 7 heteroatoms. The zero-order chi connectivity index (χ0) is 18.0. The highest BCUT2D eigenvalue weighted by Gasteiger charge is 2.49. The molecule has 2 aliphatic heterocycles. The van der Waals surface area contributed by atoms with E-state index in [1.165, 1.54) is 0 Å². The lowest BCUT2D eigenvalue weighted by molar-refractivity contribution is -0.182. The van der Waals surface area contributed by atoms with Crippen molar-refractivity contribution in [2.45, 2.75) is 19.9 Å². The molecule has 136 valence electrons. The maximum absolute atomic E-state index is 12.9. The summed E-state index contributed by atoms with van der Waals surface area (Å²) < 4.78 is 15.9. The van der Waals surface area contributed by atoms with E-state index in [4.69, 9.17) is 14.2 Å². The van der Waals surface area contributed by atoms with Crippen LogP contribution in [0.3, 0.4) is 0 Å². The van der Waals surface area contributed by atoms with Crippen LogP contribution >= 0.6 is 0 Å². The van der Waals surface area contributed by atoms with E-state index in [1.54, 1.807) is 30.0 Å². The second kappa shape index (κ2) is 7.01. The van der Waals surface area contributed by atoms with Crippen molar-refractivity contribution in [3.8, 4) is 5.75 Å². The van der Waals surface area contributed by atoms with Gasteiger partial charge in [-0.3, -0.25) is 4.79 Å². The second-order valence-electron chi connectivity index (χ2n) is 6.43. The van der Waals surface area contributed by atoms with Gasteiger partial charge in [0.15, 0.2) is 0 Å². The molecule has 3 rings (SSSR count). The van der Waals surface area contributed by atoms with Gasteiger partial charge in [-0.15, -0.1) is 0 Å². The lowest BCUT2D eigenvalue weighted by Gasteiger charge is -2.43. The number of benzene rings is 1. The molecule has 2 aliphatic rings. The van der Waals surface area contributed by atoms with Gasteiger partial charge in [0.25, 0.3) is 0 Å². The fourth-order valence-electron chi connectivity index (χ4n) is 3.17. The molecular formula is C18H23NO6. The van der Waals surface area contributed by atoms with E-state index in [2.05, 4.69) is 0 Å². The van der Waals surface area contributed by atoms with E-state index in [0.29, 0.717) is 31.1 Å². The SMILES string of the molecule is CCOC(=O)c1ccc2c(c1)OCCN(C(=O)C1(CO)COC1)[C@H]2C. The van der Waals surface area contributed by atoms with E-state index >= 15 is 0 Å². The van der Waals surface area contributed by atoms with E-state index in [-0.39, 0.29) is 31.8 Å². The van der Waals surface area contributed by atoms with E-state index in [0.717, 1.165) is 5.56 Å². The van der Waals surface area contributed by atoms with Crippen LogP contribution in [0.4, 0.5) is 0 Å². The third-order valence-electron chi connectivity index (χ3n) is 4.81. The van der Waals surface area contributed by atoms with Gasteiger partial charge < -0.3 is 24.2 Å². The van der Waals surface area contributed by atoms with Crippen molar-refractivity contribution in [1.29, 1.82) is 0 Å². The van der Waals surface area contributed by atoms with Crippen molar-refractivity contribution >= 4 is 11.9 Å². The summed E-state index contributed by atoms with van der Waals surface area (Å²) in [5.74, 6) is 0.0560. The second-order valence-corrected chi connectivity index (χ2v) is 6.43. The number of nitrogens with zero attached hydrogens (tertiary/aromatic N) is 1. The van der Waals surface area contributed by atoms with Crippen molar-refractivity contribution < 1.29 is 28.9 Å². The summed E-state index contributed by atoms with van der Waals surface area (Å²) in [6, 6.07) is 4.90. The molecule has 1 aromatic rings. The Morgan fingerprint density at radius 2 is 2.16 bits per heavy atom. The summed E-state index contributed by atoms with van der Waals surface area (Å²) in [5, 5.41) is 9.63. The van der Waals surface area contributed by atoms with Crippen molar-refractivity contribution in [3.05, 3.63) is 29.3 Å². The molecule has 7 nitrogen and oxygen atoms in total. The number of hydrogen-bond donors (Lipinski definition) is 1. The van der Waals surface area contributed by atoms with Crippen LogP contribution in [-0.4, -0.2) is 61.5 Å². The predicted molar refractivity (Wildman–Crippen MR) is 88.4 cm³/mol. The summed E-state index contributed by atoms with van der Waals surface area (Å²) in [4.78, 5) is 26.5. The lowest BCUT2D eigenvalue weighted by Crippen LogP contribution is -2.58. The van der Waals surface area contributed by atoms with Gasteiger partial charge in [0.1, 0.15) is 17.8 Å². The number of aliphatic hydroxyl groups excluding tert-OH is 1. The molecule has 1 atom stereocenters. The third kappa shape index (κ3) is 3.09. The molecule has 1 N–H and O–H groups in total. The first-order valence-corrected chi connectivity index (χ1v) is 8.46. The number of amides is 1. The van der Waals surface area contributed by atoms with Crippen LogP contribution < -0.4 is 4.74 Å². The zero-order valence-corrected chi connectivity index (χ0v) is 14.5. The molecular weight excluding hydrogens is 326 g/mol. The molecule has 1 amide bonds. The Bertz CT molecular complexity index is 664. The molecule has 25 heavy (non-hydrogen) atoms. The predicted octanol–water partition coefficient (Wildman–Crippen LogP) is 1.15. The molecule has 2 heterocycles. The first kappa shape index (κ1) is 17.7. The summed E-state index contributed by atoms with van der Waals surface area (Å²) in [7, 11) is 0. The van der Waals surface area contributed by atoms with Gasteiger partial charge in [0, 0.05) is 5.56 Å². The standard InChI is InChI=1S/C18H23NO6/c1-3-24-16(21)13-4-5-14-12(2)19(6-7-25-15(14)8-13)17(22)18(9-20)10-23-11-18/h4-5,8,12,20H,3,6-7,9-11H2,1-2H3/t12-/m0/s1. The largest absolute Gasteiger partial charge is 0.491 e. The zero-order valence-electron chi connectivity index (χ0n) is 14.5. The number of aliphatic hydroxyl groups is 1. The maximum atomic E-state index is 12.9. The van der Waals surface area contributed by atoms with E-state index in [1.807, 2.05) is 6.92 Å². The molecule has 0 unspecified atom stereocenters. The minimum Gasteiger partial charge on any atom is -0.491 e. The summed E-state index contributed by atoms with van der Waals surface area (Å²) in [5.41, 5.74) is 0.405. The van der Waals surface area contributed by atoms with E-state index in [9.17, 15) is 14.7 Å². The molecule has 0 aliphatic carbocycles. The highest BCUT2D eigenvalue weighted by molar-refractivity contribution is 5.90. The number of ether oxygens (including phenoxy) is 3. The van der Waals surface area contributed by atoms with Crippen LogP contribution in [0.2, 0.25) is 0 Å². The molecule has 1 fully saturated rings. The molecule has 0 spiro atoms. The minimum atomic E-state index is -0.844. The molecule has 1 saturated heterocycles. The monoisotopic (exact) mass is 349 g/mol.